The van der Waals surface area contributed by atoms with Crippen LogP contribution in [0.25, 0.3) is 16.6 Å². The van der Waals surface area contributed by atoms with Gasteiger partial charge in [-0.1, -0.05) is 30.3 Å². The van der Waals surface area contributed by atoms with Crippen LogP contribution in [0.15, 0.2) is 48.7 Å². The molecule has 8 nitrogen and oxygen atoms in total. The number of nitrogens with zero attached hydrogens (tertiary/aromatic N) is 4. The number of hydrogen-bond donors (Lipinski definition) is 1. The molecule has 3 aromatic rings. The maximum absolute atomic E-state index is 12.4. The molecule has 36 heavy (non-hydrogen) atoms. The van der Waals surface area contributed by atoms with Crippen molar-refractivity contribution in [2.45, 2.75) is 58.7 Å². The number of amides is 2. The number of rotatable bonds is 5. The average Bonchev–Trinajstić information content (AvgIpc) is 3.59. The largest absolute Gasteiger partial charge is 0.444 e. The fraction of sp³-hybridized carbons (Fsp3) is 0.464. The van der Waals surface area contributed by atoms with E-state index in [-0.39, 0.29) is 24.0 Å². The van der Waals surface area contributed by atoms with Gasteiger partial charge in [-0.15, -0.1) is 0 Å². The first-order valence-corrected chi connectivity index (χ1v) is 12.8. The lowest BCUT2D eigenvalue weighted by atomic mass is 10.0. The predicted octanol–water partition coefficient (Wildman–Crippen LogP) is 4.79. The van der Waals surface area contributed by atoms with Gasteiger partial charge in [0.2, 0.25) is 5.91 Å². The topological polar surface area (TPSA) is 79.2 Å². The van der Waals surface area contributed by atoms with Crippen LogP contribution < -0.4 is 5.32 Å². The second kappa shape index (κ2) is 9.58. The first-order valence-electron chi connectivity index (χ1n) is 12.8. The van der Waals surface area contributed by atoms with Crippen LogP contribution >= 0.6 is 0 Å². The van der Waals surface area contributed by atoms with Crippen molar-refractivity contribution in [1.29, 1.82) is 0 Å². The molecule has 1 atom stereocenters. The van der Waals surface area contributed by atoms with E-state index in [0.29, 0.717) is 18.9 Å². The Morgan fingerprint density at radius 3 is 2.53 bits per heavy atom. The van der Waals surface area contributed by atoms with Crippen LogP contribution in [-0.2, 0) is 16.1 Å². The van der Waals surface area contributed by atoms with Gasteiger partial charge in [0.05, 0.1) is 5.52 Å². The molecule has 2 aromatic heterocycles. The molecule has 5 rings (SSSR count). The number of anilines is 1. The third-order valence-corrected chi connectivity index (χ3v) is 6.77. The van der Waals surface area contributed by atoms with Crippen molar-refractivity contribution in [2.24, 2.45) is 5.92 Å². The van der Waals surface area contributed by atoms with E-state index < -0.39 is 5.60 Å². The highest BCUT2D eigenvalue weighted by molar-refractivity contribution is 5.94. The van der Waals surface area contributed by atoms with E-state index >= 15 is 0 Å². The number of aromatic nitrogens is 2. The summed E-state index contributed by atoms with van der Waals surface area (Å²) >= 11 is 0. The van der Waals surface area contributed by atoms with Crippen molar-refractivity contribution in [2.75, 3.05) is 25.0 Å². The van der Waals surface area contributed by atoms with E-state index in [1.54, 1.807) is 0 Å². The van der Waals surface area contributed by atoms with Crippen molar-refractivity contribution in [3.05, 3.63) is 54.2 Å². The van der Waals surface area contributed by atoms with Crippen molar-refractivity contribution >= 4 is 23.3 Å². The smallest absolute Gasteiger partial charge is 0.410 e. The zero-order chi connectivity index (χ0) is 25.4. The predicted molar refractivity (Wildman–Crippen MR) is 140 cm³/mol. The number of hydrogen-bond acceptors (Lipinski definition) is 5. The van der Waals surface area contributed by atoms with Crippen LogP contribution in [0.1, 0.15) is 46.1 Å². The Morgan fingerprint density at radius 1 is 1.11 bits per heavy atom. The molecule has 0 spiro atoms. The Morgan fingerprint density at radius 2 is 1.86 bits per heavy atom. The summed E-state index contributed by atoms with van der Waals surface area (Å²) in [6, 6.07) is 14.8. The zero-order valence-corrected chi connectivity index (χ0v) is 21.5. The van der Waals surface area contributed by atoms with Gasteiger partial charge in [-0.2, -0.15) is 5.10 Å². The molecule has 1 aromatic carbocycles. The maximum atomic E-state index is 12.4. The summed E-state index contributed by atoms with van der Waals surface area (Å²) in [6.07, 6.45) is 3.60. The second-order valence-electron chi connectivity index (χ2n) is 11.0. The Bertz CT molecular complexity index is 1260. The highest BCUT2D eigenvalue weighted by Crippen LogP contribution is 2.31. The molecule has 1 saturated carbocycles. The van der Waals surface area contributed by atoms with Gasteiger partial charge >= 0.3 is 6.09 Å². The number of piperazine rings is 1. The molecule has 0 bridgehead atoms. The Balaban J connectivity index is 1.24. The van der Waals surface area contributed by atoms with E-state index in [4.69, 9.17) is 4.74 Å². The molecule has 1 aliphatic carbocycles. The lowest BCUT2D eigenvalue weighted by Crippen LogP contribution is -2.54. The summed E-state index contributed by atoms with van der Waals surface area (Å²) in [6.45, 7) is 10.8. The summed E-state index contributed by atoms with van der Waals surface area (Å²) in [7, 11) is 0. The number of benzene rings is 1. The van der Waals surface area contributed by atoms with Crippen LogP contribution in [0.2, 0.25) is 0 Å². The summed E-state index contributed by atoms with van der Waals surface area (Å²) in [5.74, 6) is 0.797. The lowest BCUT2D eigenvalue weighted by molar-refractivity contribution is -0.117. The molecule has 8 heteroatoms. The van der Waals surface area contributed by atoms with Gasteiger partial charge in [-0.3, -0.25) is 9.69 Å². The Labute approximate surface area is 212 Å². The highest BCUT2D eigenvalue weighted by Gasteiger charge is 2.31. The molecular weight excluding hydrogens is 454 g/mol. The molecule has 2 amide bonds. The van der Waals surface area contributed by atoms with Gasteiger partial charge in [0.15, 0.2) is 5.82 Å². The number of fused-ring (bicyclic) bond motifs is 1. The van der Waals surface area contributed by atoms with Crippen molar-refractivity contribution in [3.8, 4) is 11.1 Å². The van der Waals surface area contributed by atoms with Gasteiger partial charge in [-0.25, -0.2) is 9.31 Å². The molecule has 2 aliphatic rings. The molecular formula is C28H35N5O3. The molecule has 2 fully saturated rings. The van der Waals surface area contributed by atoms with E-state index in [1.807, 2.05) is 48.5 Å². The van der Waals surface area contributed by atoms with Gasteiger partial charge < -0.3 is 15.0 Å². The van der Waals surface area contributed by atoms with E-state index in [9.17, 15) is 9.59 Å². The van der Waals surface area contributed by atoms with Crippen LogP contribution in [0.4, 0.5) is 10.6 Å². The second-order valence-corrected chi connectivity index (χ2v) is 11.0. The number of carbonyl (C=O) groups is 2. The summed E-state index contributed by atoms with van der Waals surface area (Å²) in [5, 5.41) is 7.47. The van der Waals surface area contributed by atoms with Gasteiger partial charge in [-0.05, 0) is 57.7 Å². The van der Waals surface area contributed by atoms with Gasteiger partial charge in [0, 0.05) is 56.0 Å². The molecule has 1 saturated heterocycles. The quantitative estimate of drug-likeness (QED) is 0.557. The molecule has 190 valence electrons. The molecule has 1 N–H and O–H groups in total. The number of carbonyl (C=O) groups excluding carboxylic acids is 2. The van der Waals surface area contributed by atoms with E-state index in [2.05, 4.69) is 52.6 Å². The average molecular weight is 490 g/mol. The summed E-state index contributed by atoms with van der Waals surface area (Å²) in [4.78, 5) is 28.8. The minimum Gasteiger partial charge on any atom is -0.444 e. The van der Waals surface area contributed by atoms with Crippen LogP contribution in [0, 0.1) is 5.92 Å². The van der Waals surface area contributed by atoms with Crippen LogP contribution in [0.3, 0.4) is 0 Å². The number of nitrogens with one attached hydrogen (secondary N) is 1. The fourth-order valence-corrected chi connectivity index (χ4v) is 4.64. The third kappa shape index (κ3) is 5.54. The zero-order valence-electron chi connectivity index (χ0n) is 21.5. The SMILES string of the molecule is C[C@@H]1CN(C(=O)OC(C)(C)C)CCN1Cc1ccc(-c2cccn3nc(NC(=O)C4CC4)cc23)cc1. The first kappa shape index (κ1) is 24.3. The molecule has 0 radical (unpaired) electrons. The highest BCUT2D eigenvalue weighted by atomic mass is 16.6. The number of pyridine rings is 1. The van der Waals surface area contributed by atoms with Gasteiger partial charge in [0.1, 0.15) is 5.60 Å². The molecule has 1 aliphatic heterocycles. The van der Waals surface area contributed by atoms with Gasteiger partial charge in [0.25, 0.3) is 0 Å². The van der Waals surface area contributed by atoms with Crippen molar-refractivity contribution in [3.63, 3.8) is 0 Å². The van der Waals surface area contributed by atoms with Crippen LogP contribution in [0.5, 0.6) is 0 Å². The Hall–Kier alpha value is -3.39. The monoisotopic (exact) mass is 489 g/mol. The molecule has 3 heterocycles. The Kier molecular flexibility index (Phi) is 6.47. The minimum absolute atomic E-state index is 0.0606. The van der Waals surface area contributed by atoms with Crippen molar-refractivity contribution < 1.29 is 14.3 Å². The van der Waals surface area contributed by atoms with E-state index in [0.717, 1.165) is 42.6 Å². The molecule has 0 unspecified atom stereocenters. The first-order chi connectivity index (χ1) is 17.2. The minimum atomic E-state index is -0.480. The maximum Gasteiger partial charge on any atom is 0.410 e. The fourth-order valence-electron chi connectivity index (χ4n) is 4.64. The third-order valence-electron chi connectivity index (χ3n) is 6.77. The summed E-state index contributed by atoms with van der Waals surface area (Å²) in [5.41, 5.74) is 3.89. The van der Waals surface area contributed by atoms with Crippen molar-refractivity contribution in [1.82, 2.24) is 19.4 Å². The van der Waals surface area contributed by atoms with Crippen LogP contribution in [-0.4, -0.2) is 62.7 Å². The normalized spacial score (nSPS) is 18.9. The number of ether oxygens (including phenoxy) is 1. The lowest BCUT2D eigenvalue weighted by Gasteiger charge is -2.40. The standard InChI is InChI=1S/C28H35N5O3/c1-19-17-32(27(35)36-28(2,3)4)15-14-31(19)18-20-7-9-21(10-8-20)23-6-5-13-33-24(23)16-25(30-33)29-26(34)22-11-12-22/h5-10,13,16,19,22H,11-12,14-15,17-18H2,1-4H3,(H,29,30,34)/t19-/m1/s1. The van der Waals surface area contributed by atoms with E-state index in [1.165, 1.54) is 5.56 Å². The summed E-state index contributed by atoms with van der Waals surface area (Å²) < 4.78 is 7.36.